The minimum atomic E-state index is -0.103. The SMILES string of the molecule is Cc1cc(-c2nc3cc(C=O)ccc3n2C[C@@H]2CCCO2)c[nH]c1=O. The first-order valence-electron chi connectivity index (χ1n) is 8.42. The molecule has 6 nitrogen and oxygen atoms in total. The highest BCUT2D eigenvalue weighted by atomic mass is 16.5. The Hall–Kier alpha value is -2.73. The minimum Gasteiger partial charge on any atom is -0.376 e. The van der Waals surface area contributed by atoms with Gasteiger partial charge in [0.25, 0.3) is 5.56 Å². The zero-order valence-corrected chi connectivity index (χ0v) is 14.0. The highest BCUT2D eigenvalue weighted by molar-refractivity contribution is 5.87. The molecule has 2 aromatic heterocycles. The molecule has 0 aliphatic carbocycles. The van der Waals surface area contributed by atoms with Gasteiger partial charge in [0.1, 0.15) is 12.1 Å². The van der Waals surface area contributed by atoms with Gasteiger partial charge in [0.05, 0.1) is 23.7 Å². The molecule has 25 heavy (non-hydrogen) atoms. The predicted octanol–water partition coefficient (Wildman–Crippen LogP) is 2.69. The second kappa shape index (κ2) is 6.29. The van der Waals surface area contributed by atoms with Gasteiger partial charge in [-0.05, 0) is 44.0 Å². The van der Waals surface area contributed by atoms with Crippen molar-refractivity contribution in [3.05, 3.63) is 51.9 Å². The summed E-state index contributed by atoms with van der Waals surface area (Å²) in [4.78, 5) is 30.2. The Kier molecular flexibility index (Phi) is 3.97. The fourth-order valence-corrected chi connectivity index (χ4v) is 3.34. The Morgan fingerprint density at radius 3 is 3.00 bits per heavy atom. The van der Waals surface area contributed by atoms with Crippen LogP contribution in [0.15, 0.2) is 35.3 Å². The molecule has 0 bridgehead atoms. The lowest BCUT2D eigenvalue weighted by molar-refractivity contribution is 0.0982. The summed E-state index contributed by atoms with van der Waals surface area (Å²) in [5, 5.41) is 0. The average molecular weight is 337 g/mol. The number of H-pyrrole nitrogens is 1. The molecule has 1 aliphatic rings. The number of imidazole rings is 1. The van der Waals surface area contributed by atoms with Crippen molar-refractivity contribution >= 4 is 17.3 Å². The second-order valence-corrected chi connectivity index (χ2v) is 6.45. The van der Waals surface area contributed by atoms with E-state index in [1.54, 1.807) is 25.3 Å². The van der Waals surface area contributed by atoms with Gasteiger partial charge >= 0.3 is 0 Å². The summed E-state index contributed by atoms with van der Waals surface area (Å²) < 4.78 is 7.91. The number of carbonyl (C=O) groups excluding carboxylic acids is 1. The zero-order valence-electron chi connectivity index (χ0n) is 14.0. The lowest BCUT2D eigenvalue weighted by Crippen LogP contribution is -2.16. The van der Waals surface area contributed by atoms with Crippen molar-refractivity contribution in [2.24, 2.45) is 0 Å². The van der Waals surface area contributed by atoms with E-state index in [0.29, 0.717) is 17.7 Å². The second-order valence-electron chi connectivity index (χ2n) is 6.45. The number of aldehydes is 1. The molecule has 1 N–H and O–H groups in total. The van der Waals surface area contributed by atoms with Crippen molar-refractivity contribution in [2.75, 3.05) is 6.61 Å². The summed E-state index contributed by atoms with van der Waals surface area (Å²) in [6, 6.07) is 7.34. The van der Waals surface area contributed by atoms with E-state index in [4.69, 9.17) is 9.72 Å². The molecular weight excluding hydrogens is 318 g/mol. The van der Waals surface area contributed by atoms with Crippen LogP contribution in [0.1, 0.15) is 28.8 Å². The minimum absolute atomic E-state index is 0.103. The van der Waals surface area contributed by atoms with Crippen LogP contribution in [-0.2, 0) is 11.3 Å². The predicted molar refractivity (Wildman–Crippen MR) is 94.9 cm³/mol. The largest absolute Gasteiger partial charge is 0.376 e. The van der Waals surface area contributed by atoms with Gasteiger partial charge in [0.2, 0.25) is 0 Å². The van der Waals surface area contributed by atoms with Gasteiger partial charge in [-0.1, -0.05) is 0 Å². The van der Waals surface area contributed by atoms with E-state index >= 15 is 0 Å². The number of aromatic nitrogens is 3. The first-order chi connectivity index (χ1) is 12.2. The van der Waals surface area contributed by atoms with Gasteiger partial charge in [-0.25, -0.2) is 4.98 Å². The molecule has 1 aromatic carbocycles. The lowest BCUT2D eigenvalue weighted by Gasteiger charge is -2.14. The van der Waals surface area contributed by atoms with Crippen LogP contribution in [0.2, 0.25) is 0 Å². The zero-order chi connectivity index (χ0) is 17.4. The number of benzene rings is 1. The number of nitrogens with zero attached hydrogens (tertiary/aromatic N) is 2. The number of hydrogen-bond acceptors (Lipinski definition) is 4. The molecule has 3 aromatic rings. The molecule has 1 atom stereocenters. The number of pyridine rings is 1. The number of hydrogen-bond donors (Lipinski definition) is 1. The third-order valence-corrected chi connectivity index (χ3v) is 4.67. The summed E-state index contributed by atoms with van der Waals surface area (Å²) in [6.45, 7) is 3.27. The van der Waals surface area contributed by atoms with Crippen LogP contribution < -0.4 is 5.56 Å². The summed E-state index contributed by atoms with van der Waals surface area (Å²) in [5.74, 6) is 0.771. The summed E-state index contributed by atoms with van der Waals surface area (Å²) in [6.07, 6.45) is 4.76. The molecule has 0 spiro atoms. The highest BCUT2D eigenvalue weighted by Crippen LogP contribution is 2.27. The maximum absolute atomic E-state index is 11.7. The number of carbonyl (C=O) groups is 1. The molecule has 4 rings (SSSR count). The lowest BCUT2D eigenvalue weighted by atomic mass is 10.2. The topological polar surface area (TPSA) is 77.0 Å². The Labute approximate surface area is 144 Å². The summed E-state index contributed by atoms with van der Waals surface area (Å²) >= 11 is 0. The van der Waals surface area contributed by atoms with E-state index in [0.717, 1.165) is 48.2 Å². The number of aryl methyl sites for hydroxylation is 1. The van der Waals surface area contributed by atoms with Crippen molar-refractivity contribution in [1.82, 2.24) is 14.5 Å². The molecule has 0 unspecified atom stereocenters. The molecular formula is C19H19N3O3. The van der Waals surface area contributed by atoms with Crippen LogP contribution >= 0.6 is 0 Å². The number of aromatic amines is 1. The van der Waals surface area contributed by atoms with E-state index < -0.39 is 0 Å². The van der Waals surface area contributed by atoms with Gasteiger partial charge in [-0.2, -0.15) is 0 Å². The van der Waals surface area contributed by atoms with Crippen LogP contribution in [0.3, 0.4) is 0 Å². The normalized spacial score (nSPS) is 17.2. The fraction of sp³-hybridized carbons (Fsp3) is 0.316. The van der Waals surface area contributed by atoms with Gasteiger partial charge in [0, 0.05) is 29.5 Å². The van der Waals surface area contributed by atoms with E-state index in [1.165, 1.54) is 0 Å². The maximum atomic E-state index is 11.7. The van der Waals surface area contributed by atoms with Crippen molar-refractivity contribution in [3.63, 3.8) is 0 Å². The van der Waals surface area contributed by atoms with Gasteiger partial charge in [-0.3, -0.25) is 9.59 Å². The van der Waals surface area contributed by atoms with Crippen LogP contribution in [0, 0.1) is 6.92 Å². The van der Waals surface area contributed by atoms with Crippen molar-refractivity contribution in [2.45, 2.75) is 32.4 Å². The number of fused-ring (bicyclic) bond motifs is 1. The van der Waals surface area contributed by atoms with Crippen LogP contribution in [-0.4, -0.2) is 33.5 Å². The molecule has 0 amide bonds. The first kappa shape index (κ1) is 15.8. The standard InChI is InChI=1S/C19H19N3O3/c1-12-7-14(9-20-19(12)24)18-21-16-8-13(11-23)4-5-17(16)22(18)10-15-3-2-6-25-15/h4-5,7-9,11,15H,2-3,6,10H2,1H3,(H,20,24)/t15-/m0/s1. The van der Waals surface area contributed by atoms with Gasteiger partial charge < -0.3 is 14.3 Å². The van der Waals surface area contributed by atoms with E-state index in [2.05, 4.69) is 9.55 Å². The Morgan fingerprint density at radius 1 is 1.40 bits per heavy atom. The molecule has 6 heteroatoms. The maximum Gasteiger partial charge on any atom is 0.250 e. The monoisotopic (exact) mass is 337 g/mol. The smallest absolute Gasteiger partial charge is 0.250 e. The molecule has 1 saturated heterocycles. The molecule has 1 fully saturated rings. The van der Waals surface area contributed by atoms with E-state index in [9.17, 15) is 9.59 Å². The van der Waals surface area contributed by atoms with Crippen LogP contribution in [0.25, 0.3) is 22.4 Å². The molecule has 128 valence electrons. The average Bonchev–Trinajstić information content (AvgIpc) is 3.25. The Morgan fingerprint density at radius 2 is 2.28 bits per heavy atom. The third kappa shape index (κ3) is 2.89. The molecule has 0 saturated carbocycles. The van der Waals surface area contributed by atoms with Crippen molar-refractivity contribution in [1.29, 1.82) is 0 Å². The van der Waals surface area contributed by atoms with Gasteiger partial charge in [0.15, 0.2) is 0 Å². The van der Waals surface area contributed by atoms with E-state index in [1.807, 2.05) is 12.1 Å². The number of rotatable bonds is 4. The first-order valence-corrected chi connectivity index (χ1v) is 8.42. The Balaban J connectivity index is 1.89. The van der Waals surface area contributed by atoms with Crippen LogP contribution in [0.5, 0.6) is 0 Å². The fourth-order valence-electron chi connectivity index (χ4n) is 3.34. The number of ether oxygens (including phenoxy) is 1. The Bertz CT molecular complexity index is 997. The summed E-state index contributed by atoms with van der Waals surface area (Å²) in [7, 11) is 0. The van der Waals surface area contributed by atoms with E-state index in [-0.39, 0.29) is 11.7 Å². The molecule has 1 aliphatic heterocycles. The molecule has 3 heterocycles. The highest BCUT2D eigenvalue weighted by Gasteiger charge is 2.21. The third-order valence-electron chi connectivity index (χ3n) is 4.67. The van der Waals surface area contributed by atoms with Crippen molar-refractivity contribution in [3.8, 4) is 11.4 Å². The molecule has 0 radical (unpaired) electrons. The number of nitrogens with one attached hydrogen (secondary N) is 1. The van der Waals surface area contributed by atoms with Gasteiger partial charge in [-0.15, -0.1) is 0 Å². The quantitative estimate of drug-likeness (QED) is 0.743. The summed E-state index contributed by atoms with van der Waals surface area (Å²) in [5.41, 5.74) is 3.70. The van der Waals surface area contributed by atoms with Crippen LogP contribution in [0.4, 0.5) is 0 Å². The van der Waals surface area contributed by atoms with Crippen molar-refractivity contribution < 1.29 is 9.53 Å².